The summed E-state index contributed by atoms with van der Waals surface area (Å²) in [5.41, 5.74) is 2.83. The van der Waals surface area contributed by atoms with Crippen molar-refractivity contribution in [3.05, 3.63) is 58.7 Å². The molecule has 0 bridgehead atoms. The normalized spacial score (nSPS) is 10.9. The van der Waals surface area contributed by atoms with Gasteiger partial charge in [-0.1, -0.05) is 26.0 Å². The van der Waals surface area contributed by atoms with Gasteiger partial charge in [0.2, 0.25) is 0 Å². The predicted octanol–water partition coefficient (Wildman–Crippen LogP) is 3.40. The van der Waals surface area contributed by atoms with E-state index in [1.165, 1.54) is 6.07 Å². The van der Waals surface area contributed by atoms with Crippen LogP contribution in [0.5, 0.6) is 0 Å². The Kier molecular flexibility index (Phi) is 4.78. The first-order chi connectivity index (χ1) is 9.95. The number of aryl methyl sites for hydroxylation is 1. The largest absolute Gasteiger partial charge is 0.299 e. The fraction of sp³-hybridized carbons (Fsp3) is 0.353. The molecule has 4 heteroatoms. The number of hydrogen-bond acceptors (Lipinski definition) is 3. The van der Waals surface area contributed by atoms with E-state index in [9.17, 15) is 9.18 Å². The van der Waals surface area contributed by atoms with Gasteiger partial charge in [-0.3, -0.25) is 4.79 Å². The van der Waals surface area contributed by atoms with Crippen LogP contribution in [0.1, 0.15) is 42.3 Å². The number of rotatable bonds is 5. The lowest BCUT2D eigenvalue weighted by atomic mass is 9.98. The second-order valence-corrected chi connectivity index (χ2v) is 5.57. The Bertz CT molecular complexity index is 636. The Morgan fingerprint density at radius 3 is 2.48 bits per heavy atom. The van der Waals surface area contributed by atoms with Crippen LogP contribution in [0.25, 0.3) is 0 Å². The molecule has 0 aliphatic carbocycles. The van der Waals surface area contributed by atoms with E-state index in [1.807, 2.05) is 32.9 Å². The van der Waals surface area contributed by atoms with Gasteiger partial charge in [0.15, 0.2) is 0 Å². The van der Waals surface area contributed by atoms with Crippen molar-refractivity contribution in [1.82, 2.24) is 10.2 Å². The highest BCUT2D eigenvalue weighted by atomic mass is 19.1. The minimum absolute atomic E-state index is 0.00449. The molecule has 0 amide bonds. The molecule has 110 valence electrons. The molecular weight excluding hydrogens is 267 g/mol. The quantitative estimate of drug-likeness (QED) is 0.846. The van der Waals surface area contributed by atoms with Crippen LogP contribution < -0.4 is 0 Å². The molecule has 0 aliphatic rings. The zero-order chi connectivity index (χ0) is 15.4. The first kappa shape index (κ1) is 15.3. The fourth-order valence-corrected chi connectivity index (χ4v) is 2.16. The standard InChI is InChI=1S/C17H19FN2O/c1-11(2)16-7-5-13(9-17(16)18)8-15(21)10-14-6-4-12(3)19-20-14/h4-7,9,11H,8,10H2,1-3H3. The molecule has 2 rings (SSSR count). The highest BCUT2D eigenvalue weighted by Gasteiger charge is 2.11. The zero-order valence-corrected chi connectivity index (χ0v) is 12.6. The SMILES string of the molecule is Cc1ccc(CC(=O)Cc2ccc(C(C)C)c(F)c2)nn1. The number of nitrogens with zero attached hydrogens (tertiary/aromatic N) is 2. The van der Waals surface area contributed by atoms with Crippen LogP contribution in [0.4, 0.5) is 4.39 Å². The lowest BCUT2D eigenvalue weighted by molar-refractivity contribution is -0.117. The Morgan fingerprint density at radius 1 is 1.14 bits per heavy atom. The van der Waals surface area contributed by atoms with Gasteiger partial charge in [-0.05, 0) is 42.2 Å². The lowest BCUT2D eigenvalue weighted by Crippen LogP contribution is -2.09. The Hall–Kier alpha value is -2.10. The molecule has 1 heterocycles. The van der Waals surface area contributed by atoms with E-state index in [2.05, 4.69) is 10.2 Å². The van der Waals surface area contributed by atoms with Crippen LogP contribution in [0.3, 0.4) is 0 Å². The van der Waals surface area contributed by atoms with Crippen molar-refractivity contribution in [1.29, 1.82) is 0 Å². The van der Waals surface area contributed by atoms with Crippen LogP contribution in [0.2, 0.25) is 0 Å². The monoisotopic (exact) mass is 286 g/mol. The lowest BCUT2D eigenvalue weighted by Gasteiger charge is -2.08. The van der Waals surface area contributed by atoms with E-state index >= 15 is 0 Å². The molecular formula is C17H19FN2O. The molecule has 3 nitrogen and oxygen atoms in total. The molecule has 0 fully saturated rings. The second kappa shape index (κ2) is 6.57. The zero-order valence-electron chi connectivity index (χ0n) is 12.6. The molecule has 1 aromatic heterocycles. The summed E-state index contributed by atoms with van der Waals surface area (Å²) >= 11 is 0. The van der Waals surface area contributed by atoms with Crippen molar-refractivity contribution in [2.45, 2.75) is 39.5 Å². The van der Waals surface area contributed by atoms with Gasteiger partial charge in [-0.15, -0.1) is 0 Å². The number of ketones is 1. The van der Waals surface area contributed by atoms with Crippen LogP contribution in [0.15, 0.2) is 30.3 Å². The Balaban J connectivity index is 2.02. The van der Waals surface area contributed by atoms with Crippen molar-refractivity contribution in [2.75, 3.05) is 0 Å². The summed E-state index contributed by atoms with van der Waals surface area (Å²) in [4.78, 5) is 12.0. The van der Waals surface area contributed by atoms with Gasteiger partial charge in [-0.25, -0.2) is 4.39 Å². The fourth-order valence-electron chi connectivity index (χ4n) is 2.16. The molecule has 0 radical (unpaired) electrons. The van der Waals surface area contributed by atoms with Gasteiger partial charge >= 0.3 is 0 Å². The van der Waals surface area contributed by atoms with Crippen LogP contribution in [-0.2, 0) is 17.6 Å². The summed E-state index contributed by atoms with van der Waals surface area (Å²) in [6.45, 7) is 5.73. The van der Waals surface area contributed by atoms with Crippen LogP contribution >= 0.6 is 0 Å². The van der Waals surface area contributed by atoms with Gasteiger partial charge in [0, 0.05) is 6.42 Å². The molecule has 21 heavy (non-hydrogen) atoms. The van der Waals surface area contributed by atoms with E-state index < -0.39 is 0 Å². The smallest absolute Gasteiger partial charge is 0.143 e. The van der Waals surface area contributed by atoms with Crippen LogP contribution in [-0.4, -0.2) is 16.0 Å². The summed E-state index contributed by atoms with van der Waals surface area (Å²) in [6.07, 6.45) is 0.436. The molecule has 0 N–H and O–H groups in total. The molecule has 0 aliphatic heterocycles. The molecule has 1 aromatic carbocycles. The van der Waals surface area contributed by atoms with E-state index in [-0.39, 0.29) is 30.4 Å². The van der Waals surface area contributed by atoms with Gasteiger partial charge < -0.3 is 0 Å². The minimum atomic E-state index is -0.245. The highest BCUT2D eigenvalue weighted by Crippen LogP contribution is 2.19. The maximum Gasteiger partial charge on any atom is 0.143 e. The molecule has 0 saturated carbocycles. The number of Topliss-reactive ketones (excluding diaryl/α,β-unsaturated/α-hetero) is 1. The first-order valence-electron chi connectivity index (χ1n) is 7.05. The van der Waals surface area contributed by atoms with Crippen LogP contribution in [0, 0.1) is 12.7 Å². The Labute approximate surface area is 124 Å². The molecule has 0 unspecified atom stereocenters. The molecule has 0 atom stereocenters. The van der Waals surface area contributed by atoms with E-state index in [1.54, 1.807) is 12.1 Å². The van der Waals surface area contributed by atoms with E-state index in [4.69, 9.17) is 0 Å². The first-order valence-corrected chi connectivity index (χ1v) is 7.05. The summed E-state index contributed by atoms with van der Waals surface area (Å²) in [7, 11) is 0. The van der Waals surface area contributed by atoms with Gasteiger partial charge in [0.25, 0.3) is 0 Å². The van der Waals surface area contributed by atoms with Gasteiger partial charge in [-0.2, -0.15) is 10.2 Å². The number of carbonyl (C=O) groups excluding carboxylic acids is 1. The van der Waals surface area contributed by atoms with Crippen molar-refractivity contribution in [3.8, 4) is 0 Å². The number of aromatic nitrogens is 2. The minimum Gasteiger partial charge on any atom is -0.299 e. The number of carbonyl (C=O) groups is 1. The van der Waals surface area contributed by atoms with Crippen molar-refractivity contribution in [3.63, 3.8) is 0 Å². The second-order valence-electron chi connectivity index (χ2n) is 5.57. The summed E-state index contributed by atoms with van der Waals surface area (Å²) in [5.74, 6) is -0.104. The molecule has 2 aromatic rings. The molecule has 0 saturated heterocycles. The maximum atomic E-state index is 13.9. The number of benzene rings is 1. The third kappa shape index (κ3) is 4.18. The van der Waals surface area contributed by atoms with Gasteiger partial charge in [0.1, 0.15) is 11.6 Å². The summed E-state index contributed by atoms with van der Waals surface area (Å²) < 4.78 is 13.9. The van der Waals surface area contributed by atoms with E-state index in [0.717, 1.165) is 5.69 Å². The third-order valence-electron chi connectivity index (χ3n) is 3.32. The summed E-state index contributed by atoms with van der Waals surface area (Å²) in [5, 5.41) is 7.89. The number of halogens is 1. The summed E-state index contributed by atoms with van der Waals surface area (Å²) in [6, 6.07) is 8.65. The highest BCUT2D eigenvalue weighted by molar-refractivity contribution is 5.82. The van der Waals surface area contributed by atoms with Gasteiger partial charge in [0.05, 0.1) is 17.8 Å². The third-order valence-corrected chi connectivity index (χ3v) is 3.32. The predicted molar refractivity (Wildman–Crippen MR) is 79.7 cm³/mol. The maximum absolute atomic E-state index is 13.9. The molecule has 0 spiro atoms. The Morgan fingerprint density at radius 2 is 1.90 bits per heavy atom. The van der Waals surface area contributed by atoms with E-state index in [0.29, 0.717) is 16.8 Å². The number of hydrogen-bond donors (Lipinski definition) is 0. The average molecular weight is 286 g/mol. The van der Waals surface area contributed by atoms with Crippen molar-refractivity contribution < 1.29 is 9.18 Å². The topological polar surface area (TPSA) is 42.9 Å². The van der Waals surface area contributed by atoms with Crippen molar-refractivity contribution in [2.24, 2.45) is 0 Å². The van der Waals surface area contributed by atoms with Crippen molar-refractivity contribution >= 4 is 5.78 Å². The average Bonchev–Trinajstić information content (AvgIpc) is 2.41.